The lowest BCUT2D eigenvalue weighted by Crippen LogP contribution is -2.37. The second-order valence-corrected chi connectivity index (χ2v) is 8.23. The molecule has 5 nitrogen and oxygen atoms in total. The first-order valence-corrected chi connectivity index (χ1v) is 10.9. The quantitative estimate of drug-likeness (QED) is 0.587. The maximum Gasteiger partial charge on any atom is 0.165 e. The summed E-state index contributed by atoms with van der Waals surface area (Å²) < 4.78 is 16.5. The normalized spacial score (nSPS) is 15.4. The smallest absolute Gasteiger partial charge is 0.165 e. The van der Waals surface area contributed by atoms with Crippen molar-refractivity contribution in [3.05, 3.63) is 53.6 Å². The average molecular weight is 413 g/mol. The summed E-state index contributed by atoms with van der Waals surface area (Å²) in [5.41, 5.74) is 2.52. The van der Waals surface area contributed by atoms with Gasteiger partial charge in [0.05, 0.1) is 21.3 Å². The van der Waals surface area contributed by atoms with Crippen LogP contribution in [0.25, 0.3) is 0 Å². The third kappa shape index (κ3) is 6.13. The van der Waals surface area contributed by atoms with Gasteiger partial charge in [0, 0.05) is 25.2 Å². The van der Waals surface area contributed by atoms with E-state index in [1.807, 2.05) is 24.3 Å². The fourth-order valence-electron chi connectivity index (χ4n) is 4.24. The van der Waals surface area contributed by atoms with Crippen LogP contribution in [0, 0.1) is 5.92 Å². The van der Waals surface area contributed by atoms with Crippen LogP contribution < -0.4 is 14.2 Å². The standard InChI is InChI=1S/C25H36N2O3/c1-26-15-12-21(13-16-26)18-27(17-14-20-8-10-23(28-2)11-9-20)19-22-6-5-7-24(29-3)25(22)30-4/h5-11,21H,12-19H2,1-4H3. The number of likely N-dealkylation sites (tertiary alicyclic amines) is 1. The van der Waals surface area contributed by atoms with Gasteiger partial charge in [-0.1, -0.05) is 24.3 Å². The molecule has 0 bridgehead atoms. The number of benzene rings is 2. The molecule has 0 spiro atoms. The lowest BCUT2D eigenvalue weighted by Gasteiger charge is -2.33. The van der Waals surface area contributed by atoms with E-state index in [9.17, 15) is 0 Å². The first kappa shape index (κ1) is 22.4. The number of hydrogen-bond donors (Lipinski definition) is 0. The Morgan fingerprint density at radius 3 is 2.30 bits per heavy atom. The number of piperidine rings is 1. The highest BCUT2D eigenvalue weighted by molar-refractivity contribution is 5.46. The van der Waals surface area contributed by atoms with Gasteiger partial charge in [0.15, 0.2) is 11.5 Å². The van der Waals surface area contributed by atoms with Gasteiger partial charge in [-0.3, -0.25) is 4.90 Å². The molecule has 164 valence electrons. The summed E-state index contributed by atoms with van der Waals surface area (Å²) in [5, 5.41) is 0. The maximum atomic E-state index is 5.69. The van der Waals surface area contributed by atoms with E-state index in [-0.39, 0.29) is 0 Å². The Morgan fingerprint density at radius 1 is 0.933 bits per heavy atom. The van der Waals surface area contributed by atoms with Crippen molar-refractivity contribution < 1.29 is 14.2 Å². The Morgan fingerprint density at radius 2 is 1.67 bits per heavy atom. The molecule has 0 saturated carbocycles. The van der Waals surface area contributed by atoms with Crippen LogP contribution in [0.15, 0.2) is 42.5 Å². The lowest BCUT2D eigenvalue weighted by molar-refractivity contribution is 0.156. The molecule has 0 atom stereocenters. The van der Waals surface area contributed by atoms with E-state index in [2.05, 4.69) is 35.0 Å². The molecule has 1 fully saturated rings. The van der Waals surface area contributed by atoms with E-state index < -0.39 is 0 Å². The second kappa shape index (κ2) is 11.2. The zero-order valence-electron chi connectivity index (χ0n) is 18.9. The first-order chi connectivity index (χ1) is 14.6. The number of nitrogens with zero attached hydrogens (tertiary/aromatic N) is 2. The summed E-state index contributed by atoms with van der Waals surface area (Å²) in [4.78, 5) is 5.01. The zero-order chi connectivity index (χ0) is 21.3. The van der Waals surface area contributed by atoms with Gasteiger partial charge in [-0.05, 0) is 69.1 Å². The minimum Gasteiger partial charge on any atom is -0.497 e. The van der Waals surface area contributed by atoms with Crippen molar-refractivity contribution in [3.63, 3.8) is 0 Å². The highest BCUT2D eigenvalue weighted by atomic mass is 16.5. The van der Waals surface area contributed by atoms with Gasteiger partial charge in [-0.2, -0.15) is 0 Å². The van der Waals surface area contributed by atoms with Gasteiger partial charge in [-0.25, -0.2) is 0 Å². The largest absolute Gasteiger partial charge is 0.497 e. The van der Waals surface area contributed by atoms with Crippen LogP contribution in [0.4, 0.5) is 0 Å². The van der Waals surface area contributed by atoms with E-state index in [1.165, 1.54) is 37.1 Å². The number of hydrogen-bond acceptors (Lipinski definition) is 5. The zero-order valence-corrected chi connectivity index (χ0v) is 18.9. The van der Waals surface area contributed by atoms with E-state index in [0.717, 1.165) is 49.2 Å². The third-order valence-electron chi connectivity index (χ3n) is 6.11. The summed E-state index contributed by atoms with van der Waals surface area (Å²) in [6.07, 6.45) is 3.55. The van der Waals surface area contributed by atoms with Crippen molar-refractivity contribution >= 4 is 0 Å². The van der Waals surface area contributed by atoms with Crippen LogP contribution in [0.1, 0.15) is 24.0 Å². The average Bonchev–Trinajstić information content (AvgIpc) is 2.79. The molecule has 2 aromatic carbocycles. The molecular weight excluding hydrogens is 376 g/mol. The first-order valence-electron chi connectivity index (χ1n) is 10.9. The minimum absolute atomic E-state index is 0.744. The molecule has 0 unspecified atom stereocenters. The molecule has 1 aliphatic heterocycles. The molecule has 1 heterocycles. The van der Waals surface area contributed by atoms with Gasteiger partial charge >= 0.3 is 0 Å². The molecule has 0 aromatic heterocycles. The summed E-state index contributed by atoms with van der Waals surface area (Å²) in [6.45, 7) is 5.38. The molecule has 5 heteroatoms. The second-order valence-electron chi connectivity index (χ2n) is 8.23. The highest BCUT2D eigenvalue weighted by Gasteiger charge is 2.21. The Hall–Kier alpha value is -2.24. The van der Waals surface area contributed by atoms with E-state index in [1.54, 1.807) is 21.3 Å². The van der Waals surface area contributed by atoms with Gasteiger partial charge in [0.1, 0.15) is 5.75 Å². The molecule has 1 saturated heterocycles. The lowest BCUT2D eigenvalue weighted by atomic mass is 9.96. The monoisotopic (exact) mass is 412 g/mol. The number of methoxy groups -OCH3 is 3. The molecule has 0 amide bonds. The Bertz CT molecular complexity index is 770. The van der Waals surface area contributed by atoms with E-state index >= 15 is 0 Å². The molecular formula is C25H36N2O3. The van der Waals surface area contributed by atoms with Crippen molar-refractivity contribution in [2.75, 3.05) is 54.6 Å². The van der Waals surface area contributed by atoms with Gasteiger partial charge in [-0.15, -0.1) is 0 Å². The molecule has 1 aliphatic rings. The third-order valence-corrected chi connectivity index (χ3v) is 6.11. The van der Waals surface area contributed by atoms with Crippen molar-refractivity contribution in [3.8, 4) is 17.2 Å². The van der Waals surface area contributed by atoms with Crippen molar-refractivity contribution in [1.82, 2.24) is 9.80 Å². The van der Waals surface area contributed by atoms with E-state index in [0.29, 0.717) is 0 Å². The Labute approximate surface area is 181 Å². The Balaban J connectivity index is 1.71. The van der Waals surface area contributed by atoms with Crippen LogP contribution in [0.3, 0.4) is 0 Å². The van der Waals surface area contributed by atoms with E-state index in [4.69, 9.17) is 14.2 Å². The van der Waals surface area contributed by atoms with Gasteiger partial charge in [0.25, 0.3) is 0 Å². The topological polar surface area (TPSA) is 34.2 Å². The van der Waals surface area contributed by atoms with Crippen LogP contribution in [-0.2, 0) is 13.0 Å². The minimum atomic E-state index is 0.744. The van der Waals surface area contributed by atoms with Crippen LogP contribution in [0.5, 0.6) is 17.2 Å². The number of rotatable bonds is 10. The van der Waals surface area contributed by atoms with Crippen LogP contribution >= 0.6 is 0 Å². The fraction of sp³-hybridized carbons (Fsp3) is 0.520. The number of ether oxygens (including phenoxy) is 3. The molecule has 30 heavy (non-hydrogen) atoms. The predicted molar refractivity (Wildman–Crippen MR) is 122 cm³/mol. The highest BCUT2D eigenvalue weighted by Crippen LogP contribution is 2.32. The summed E-state index contributed by atoms with van der Waals surface area (Å²) in [5.74, 6) is 3.29. The molecule has 0 radical (unpaired) electrons. The molecule has 0 aliphatic carbocycles. The predicted octanol–water partition coefficient (Wildman–Crippen LogP) is 4.10. The summed E-state index contributed by atoms with van der Waals surface area (Å²) >= 11 is 0. The summed E-state index contributed by atoms with van der Waals surface area (Å²) in [6, 6.07) is 14.6. The SMILES string of the molecule is COc1ccc(CCN(Cc2cccc(OC)c2OC)CC2CCN(C)CC2)cc1. The number of para-hydroxylation sites is 1. The fourth-order valence-corrected chi connectivity index (χ4v) is 4.24. The van der Waals surface area contributed by atoms with Crippen molar-refractivity contribution in [2.45, 2.75) is 25.8 Å². The van der Waals surface area contributed by atoms with Gasteiger partial charge < -0.3 is 19.1 Å². The Kier molecular flexibility index (Phi) is 8.40. The van der Waals surface area contributed by atoms with Crippen molar-refractivity contribution in [2.24, 2.45) is 5.92 Å². The van der Waals surface area contributed by atoms with Crippen LogP contribution in [0.2, 0.25) is 0 Å². The van der Waals surface area contributed by atoms with Gasteiger partial charge in [0.2, 0.25) is 0 Å². The molecule has 3 rings (SSSR count). The van der Waals surface area contributed by atoms with Crippen molar-refractivity contribution in [1.29, 1.82) is 0 Å². The molecule has 0 N–H and O–H groups in total. The van der Waals surface area contributed by atoms with Crippen LogP contribution in [-0.4, -0.2) is 64.4 Å². The molecule has 2 aromatic rings. The maximum absolute atomic E-state index is 5.69. The summed E-state index contributed by atoms with van der Waals surface area (Å²) in [7, 11) is 7.35.